The Morgan fingerprint density at radius 3 is 2.82 bits per heavy atom. The van der Waals surface area contributed by atoms with Gasteiger partial charge in [-0.15, -0.1) is 11.8 Å². The molecule has 0 saturated carbocycles. The van der Waals surface area contributed by atoms with Crippen molar-refractivity contribution >= 4 is 35.1 Å². The van der Waals surface area contributed by atoms with Crippen molar-refractivity contribution in [2.24, 2.45) is 5.92 Å². The lowest BCUT2D eigenvalue weighted by Gasteiger charge is -2.17. The average Bonchev–Trinajstić information content (AvgIpc) is 3.13. The van der Waals surface area contributed by atoms with Gasteiger partial charge in [0.05, 0.1) is 11.5 Å². The van der Waals surface area contributed by atoms with Crippen LogP contribution >= 0.6 is 11.8 Å². The predicted octanol–water partition coefficient (Wildman–Crippen LogP) is 2.26. The SMILES string of the molecule is CSc1ccc(N2CC(C(=O)NCCNc3ncccc3C#N)CC2=O)cc1. The highest BCUT2D eigenvalue weighted by Gasteiger charge is 2.34. The van der Waals surface area contributed by atoms with Crippen molar-refractivity contribution in [1.82, 2.24) is 10.3 Å². The van der Waals surface area contributed by atoms with Gasteiger partial charge in [-0.2, -0.15) is 5.26 Å². The van der Waals surface area contributed by atoms with E-state index in [4.69, 9.17) is 5.26 Å². The summed E-state index contributed by atoms with van der Waals surface area (Å²) in [5.74, 6) is -0.0466. The number of aromatic nitrogens is 1. The molecule has 1 aromatic carbocycles. The first-order valence-electron chi connectivity index (χ1n) is 8.93. The van der Waals surface area contributed by atoms with Crippen molar-refractivity contribution < 1.29 is 9.59 Å². The minimum atomic E-state index is -0.364. The van der Waals surface area contributed by atoms with Gasteiger partial charge >= 0.3 is 0 Å². The third-order valence-corrected chi connectivity index (χ3v) is 5.27. The summed E-state index contributed by atoms with van der Waals surface area (Å²) in [7, 11) is 0. The van der Waals surface area contributed by atoms with Gasteiger partial charge in [-0.05, 0) is 42.7 Å². The molecule has 0 bridgehead atoms. The number of rotatable bonds is 7. The predicted molar refractivity (Wildman–Crippen MR) is 109 cm³/mol. The molecule has 0 radical (unpaired) electrons. The largest absolute Gasteiger partial charge is 0.367 e. The molecule has 1 atom stereocenters. The molecule has 2 heterocycles. The lowest BCUT2D eigenvalue weighted by atomic mass is 10.1. The van der Waals surface area contributed by atoms with Crippen LogP contribution in [0.25, 0.3) is 0 Å². The second-order valence-electron chi connectivity index (χ2n) is 6.33. The molecule has 8 heteroatoms. The molecule has 28 heavy (non-hydrogen) atoms. The van der Waals surface area contributed by atoms with E-state index in [9.17, 15) is 9.59 Å². The topological polar surface area (TPSA) is 98.1 Å². The van der Waals surface area contributed by atoms with Crippen LogP contribution < -0.4 is 15.5 Å². The van der Waals surface area contributed by atoms with Crippen molar-refractivity contribution in [3.63, 3.8) is 0 Å². The molecule has 1 saturated heterocycles. The third kappa shape index (κ3) is 4.61. The van der Waals surface area contributed by atoms with Crippen LogP contribution in [-0.2, 0) is 9.59 Å². The zero-order valence-electron chi connectivity index (χ0n) is 15.5. The second kappa shape index (κ2) is 9.24. The number of carbonyl (C=O) groups excluding carboxylic acids is 2. The van der Waals surface area contributed by atoms with E-state index in [0.29, 0.717) is 31.0 Å². The molecule has 1 aliphatic rings. The number of amides is 2. The summed E-state index contributed by atoms with van der Waals surface area (Å²) < 4.78 is 0. The molecule has 2 aromatic rings. The number of hydrogen-bond acceptors (Lipinski definition) is 6. The Morgan fingerprint density at radius 1 is 1.32 bits per heavy atom. The van der Waals surface area contributed by atoms with Gasteiger partial charge in [0.15, 0.2) is 0 Å². The van der Waals surface area contributed by atoms with Crippen LogP contribution in [0.4, 0.5) is 11.5 Å². The number of anilines is 2. The van der Waals surface area contributed by atoms with E-state index >= 15 is 0 Å². The second-order valence-corrected chi connectivity index (χ2v) is 7.21. The van der Waals surface area contributed by atoms with Crippen molar-refractivity contribution in [1.29, 1.82) is 5.26 Å². The van der Waals surface area contributed by atoms with Crippen LogP contribution in [-0.4, -0.2) is 42.7 Å². The van der Waals surface area contributed by atoms with E-state index in [0.717, 1.165) is 10.6 Å². The van der Waals surface area contributed by atoms with E-state index in [-0.39, 0.29) is 24.2 Å². The van der Waals surface area contributed by atoms with Crippen LogP contribution in [0, 0.1) is 17.2 Å². The Hall–Kier alpha value is -3.05. The fourth-order valence-corrected chi connectivity index (χ4v) is 3.45. The fourth-order valence-electron chi connectivity index (χ4n) is 3.04. The van der Waals surface area contributed by atoms with Crippen LogP contribution in [0.15, 0.2) is 47.5 Å². The first kappa shape index (κ1) is 19.7. The van der Waals surface area contributed by atoms with Gasteiger partial charge in [-0.1, -0.05) is 0 Å². The highest BCUT2D eigenvalue weighted by Crippen LogP contribution is 2.27. The molecular weight excluding hydrogens is 374 g/mol. The van der Waals surface area contributed by atoms with E-state index in [1.54, 1.807) is 35.0 Å². The number of nitrogens with one attached hydrogen (secondary N) is 2. The molecule has 7 nitrogen and oxygen atoms in total. The maximum atomic E-state index is 12.4. The van der Waals surface area contributed by atoms with Crippen LogP contribution in [0.3, 0.4) is 0 Å². The maximum Gasteiger partial charge on any atom is 0.227 e. The van der Waals surface area contributed by atoms with Crippen molar-refractivity contribution in [2.45, 2.75) is 11.3 Å². The first-order valence-corrected chi connectivity index (χ1v) is 10.2. The molecule has 1 aromatic heterocycles. The maximum absolute atomic E-state index is 12.4. The molecule has 3 rings (SSSR count). The van der Waals surface area contributed by atoms with Crippen LogP contribution in [0.2, 0.25) is 0 Å². The van der Waals surface area contributed by atoms with E-state index < -0.39 is 0 Å². The van der Waals surface area contributed by atoms with Gasteiger partial charge in [-0.3, -0.25) is 9.59 Å². The molecule has 0 spiro atoms. The average molecular weight is 395 g/mol. The van der Waals surface area contributed by atoms with Crippen LogP contribution in [0.1, 0.15) is 12.0 Å². The Bertz CT molecular complexity index is 894. The molecule has 2 N–H and O–H groups in total. The number of thioether (sulfide) groups is 1. The van der Waals surface area contributed by atoms with Gasteiger partial charge in [-0.25, -0.2) is 4.98 Å². The zero-order valence-corrected chi connectivity index (χ0v) is 16.3. The quantitative estimate of drug-likeness (QED) is 0.551. The van der Waals surface area contributed by atoms with Crippen molar-refractivity contribution in [3.05, 3.63) is 48.2 Å². The van der Waals surface area contributed by atoms with E-state index in [1.807, 2.05) is 30.5 Å². The van der Waals surface area contributed by atoms with Gasteiger partial charge in [0.1, 0.15) is 11.9 Å². The first-order chi connectivity index (χ1) is 13.6. The van der Waals surface area contributed by atoms with Gasteiger partial charge in [0.25, 0.3) is 0 Å². The van der Waals surface area contributed by atoms with Gasteiger partial charge in [0.2, 0.25) is 11.8 Å². The smallest absolute Gasteiger partial charge is 0.227 e. The normalized spacial score (nSPS) is 15.9. The molecule has 1 aliphatic heterocycles. The Kier molecular flexibility index (Phi) is 6.50. The molecule has 0 aliphatic carbocycles. The lowest BCUT2D eigenvalue weighted by Crippen LogP contribution is -2.35. The highest BCUT2D eigenvalue weighted by atomic mass is 32.2. The molecule has 1 fully saturated rings. The fraction of sp³-hybridized carbons (Fsp3) is 0.300. The summed E-state index contributed by atoms with van der Waals surface area (Å²) in [6.45, 7) is 1.21. The number of hydrogen-bond donors (Lipinski definition) is 2. The number of nitrogens with zero attached hydrogens (tertiary/aromatic N) is 3. The van der Waals surface area contributed by atoms with Crippen molar-refractivity contribution in [2.75, 3.05) is 36.1 Å². The summed E-state index contributed by atoms with van der Waals surface area (Å²) >= 11 is 1.64. The number of nitriles is 1. The summed E-state index contributed by atoms with van der Waals surface area (Å²) in [6, 6.07) is 13.2. The van der Waals surface area contributed by atoms with Gasteiger partial charge in [0, 0.05) is 42.8 Å². The number of pyridine rings is 1. The Labute approximate surface area is 168 Å². The van der Waals surface area contributed by atoms with Crippen molar-refractivity contribution in [3.8, 4) is 6.07 Å². The minimum absolute atomic E-state index is 0.0395. The standard InChI is InChI=1S/C20H21N5O2S/c1-28-17-6-4-16(5-7-17)25-13-15(11-18(25)26)20(27)24-10-9-23-19-14(12-21)3-2-8-22-19/h2-8,15H,9-11,13H2,1H3,(H,22,23)(H,24,27). The third-order valence-electron chi connectivity index (χ3n) is 4.52. The monoisotopic (exact) mass is 395 g/mol. The number of carbonyl (C=O) groups is 2. The minimum Gasteiger partial charge on any atom is -0.367 e. The summed E-state index contributed by atoms with van der Waals surface area (Å²) in [5.41, 5.74) is 1.28. The Morgan fingerprint density at radius 2 is 2.11 bits per heavy atom. The summed E-state index contributed by atoms with van der Waals surface area (Å²) in [5, 5.41) is 14.9. The zero-order chi connectivity index (χ0) is 19.9. The van der Waals surface area contributed by atoms with Crippen LogP contribution in [0.5, 0.6) is 0 Å². The van der Waals surface area contributed by atoms with E-state index in [2.05, 4.69) is 21.7 Å². The summed E-state index contributed by atoms with van der Waals surface area (Å²) in [6.07, 6.45) is 3.81. The molecule has 2 amide bonds. The van der Waals surface area contributed by atoms with Gasteiger partial charge < -0.3 is 15.5 Å². The number of benzene rings is 1. The molecular formula is C20H21N5O2S. The molecule has 1 unspecified atom stereocenters. The molecule has 144 valence electrons. The highest BCUT2D eigenvalue weighted by molar-refractivity contribution is 7.98. The summed E-state index contributed by atoms with van der Waals surface area (Å²) in [4.78, 5) is 31.6. The Balaban J connectivity index is 1.48. The lowest BCUT2D eigenvalue weighted by molar-refractivity contribution is -0.126. The van der Waals surface area contributed by atoms with E-state index in [1.165, 1.54) is 0 Å².